The van der Waals surface area contributed by atoms with Gasteiger partial charge in [-0.1, -0.05) is 202 Å². The van der Waals surface area contributed by atoms with E-state index in [2.05, 4.69) is 31.9 Å². The third-order valence-electron chi connectivity index (χ3n) is 13.9. The summed E-state index contributed by atoms with van der Waals surface area (Å²) in [4.78, 5) is 111. The van der Waals surface area contributed by atoms with Gasteiger partial charge in [-0.2, -0.15) is 0 Å². The minimum atomic E-state index is -1.86. The molecule has 0 heterocycles. The average Bonchev–Trinajstić information content (AvgIpc) is 3.64. The van der Waals surface area contributed by atoms with Gasteiger partial charge in [-0.25, -0.2) is 4.79 Å². The molecule has 0 saturated carbocycles. The van der Waals surface area contributed by atoms with Gasteiger partial charge in [-0.05, 0) is 73.9 Å². The Hall–Kier alpha value is -8.96. The molecule has 17 nitrogen and oxygen atoms in total. The van der Waals surface area contributed by atoms with E-state index in [1.165, 1.54) is 13.8 Å². The number of nitrogens with two attached hydrogens (primary N) is 1. The summed E-state index contributed by atoms with van der Waals surface area (Å²) in [6, 6.07) is 49.1. The van der Waals surface area contributed by atoms with Gasteiger partial charge >= 0.3 is 11.9 Å². The van der Waals surface area contributed by atoms with Gasteiger partial charge in [0.05, 0.1) is 25.3 Å². The van der Waals surface area contributed by atoms with Crippen molar-refractivity contribution in [2.75, 3.05) is 0 Å². The number of amides is 6. The third kappa shape index (κ3) is 15.7. The van der Waals surface area contributed by atoms with Gasteiger partial charge in [0.2, 0.25) is 35.4 Å². The van der Waals surface area contributed by atoms with Crippen LogP contribution in [0.15, 0.2) is 182 Å². The average molecular weight is 1100 g/mol. The van der Waals surface area contributed by atoms with Crippen molar-refractivity contribution in [2.24, 2.45) is 11.7 Å². The molecule has 81 heavy (non-hydrogen) atoms. The summed E-state index contributed by atoms with van der Waals surface area (Å²) in [6.07, 6.45) is -1.65. The second-order valence-electron chi connectivity index (χ2n) is 21.5. The fourth-order valence-corrected chi connectivity index (χ4v) is 9.53. The molecule has 0 spiro atoms. The lowest BCUT2D eigenvalue weighted by Gasteiger charge is -2.37. The first-order valence-electron chi connectivity index (χ1n) is 26.9. The van der Waals surface area contributed by atoms with Crippen LogP contribution in [0.1, 0.15) is 108 Å². The molecule has 0 unspecified atom stereocenters. The molecular formula is C64H73N7O10. The van der Waals surface area contributed by atoms with Crippen molar-refractivity contribution in [3.63, 3.8) is 0 Å². The molecule has 17 heteroatoms. The molecule has 0 aliphatic rings. The fraction of sp³-hybridized carbons (Fsp3) is 0.312. The summed E-state index contributed by atoms with van der Waals surface area (Å²) in [5.74, 6) is -8.12. The van der Waals surface area contributed by atoms with Gasteiger partial charge in [0.15, 0.2) is 0 Å². The maximum atomic E-state index is 14.3. The minimum absolute atomic E-state index is 0.325. The zero-order chi connectivity index (χ0) is 59.0. The Labute approximate surface area is 473 Å². The first-order chi connectivity index (χ1) is 38.5. The van der Waals surface area contributed by atoms with Gasteiger partial charge in [0.1, 0.15) is 40.3 Å². The van der Waals surface area contributed by atoms with Crippen molar-refractivity contribution in [1.29, 1.82) is 0 Å². The van der Waals surface area contributed by atoms with Gasteiger partial charge in [0, 0.05) is 0 Å². The maximum absolute atomic E-state index is 14.3. The Morgan fingerprint density at radius 1 is 0.469 bits per heavy atom. The Kier molecular flexibility index (Phi) is 20.6. The van der Waals surface area contributed by atoms with Crippen LogP contribution in [-0.4, -0.2) is 87.8 Å². The van der Waals surface area contributed by atoms with Crippen molar-refractivity contribution < 1.29 is 48.2 Å². The Morgan fingerprint density at radius 3 is 1.15 bits per heavy atom. The van der Waals surface area contributed by atoms with Crippen molar-refractivity contribution in [2.45, 2.75) is 121 Å². The van der Waals surface area contributed by atoms with Gasteiger partial charge in [-0.3, -0.25) is 33.6 Å². The van der Waals surface area contributed by atoms with E-state index in [9.17, 15) is 43.5 Å². The van der Waals surface area contributed by atoms with E-state index in [0.29, 0.717) is 23.1 Å². The first kappa shape index (κ1) is 61.3. The lowest BCUT2D eigenvalue weighted by Crippen LogP contribution is -2.63. The fourth-order valence-electron chi connectivity index (χ4n) is 9.53. The van der Waals surface area contributed by atoms with Crippen LogP contribution in [0.25, 0.3) is 0 Å². The third-order valence-corrected chi connectivity index (χ3v) is 13.9. The van der Waals surface area contributed by atoms with Crippen LogP contribution < -0.4 is 37.6 Å². The van der Waals surface area contributed by atoms with Crippen LogP contribution in [0.5, 0.6) is 0 Å². The van der Waals surface area contributed by atoms with Gasteiger partial charge in [0.25, 0.3) is 0 Å². The SMILES string of the molecule is CC[C@H](C)[C@H](NC(=O)C(C)(C)NC(=O)[C@H](CC(=O)OC(C)(C)C)NC(=O)[C@@H](N)CC(=O)NC(c1ccccc1)(c1ccccc1)c1ccccc1)C(=O)N[C@@H](CC(=O)NC(c1ccccc1)(c1ccccc1)c1ccccc1)C(=O)O. The number of carbonyl (C=O) groups is 8. The molecule has 424 valence electrons. The van der Waals surface area contributed by atoms with E-state index >= 15 is 0 Å². The van der Waals surface area contributed by atoms with Crippen molar-refractivity contribution >= 4 is 47.4 Å². The molecule has 0 aliphatic heterocycles. The van der Waals surface area contributed by atoms with Gasteiger partial charge < -0.3 is 47.5 Å². The van der Waals surface area contributed by atoms with E-state index in [-0.39, 0.29) is 0 Å². The number of nitrogens with one attached hydrogen (secondary N) is 6. The number of hydrogen-bond donors (Lipinski definition) is 8. The van der Waals surface area contributed by atoms with Crippen LogP contribution in [0.2, 0.25) is 0 Å². The number of hydrogen-bond acceptors (Lipinski definition) is 10. The molecule has 5 atom stereocenters. The van der Waals surface area contributed by atoms with Crippen LogP contribution in [-0.2, 0) is 54.2 Å². The van der Waals surface area contributed by atoms with Crippen molar-refractivity contribution in [3.8, 4) is 0 Å². The summed E-state index contributed by atoms with van der Waals surface area (Å²) in [5.41, 5.74) is 5.32. The molecule has 6 rings (SSSR count). The Balaban J connectivity index is 1.18. The topological polar surface area (TPSA) is 264 Å². The predicted molar refractivity (Wildman–Crippen MR) is 307 cm³/mol. The molecule has 0 bridgehead atoms. The van der Waals surface area contributed by atoms with E-state index in [1.807, 2.05) is 182 Å². The van der Waals surface area contributed by atoms with Crippen molar-refractivity contribution in [3.05, 3.63) is 215 Å². The molecule has 0 saturated heterocycles. The number of ether oxygens (including phenoxy) is 1. The molecule has 0 fully saturated rings. The van der Waals surface area contributed by atoms with Crippen molar-refractivity contribution in [1.82, 2.24) is 31.9 Å². The second-order valence-corrected chi connectivity index (χ2v) is 21.5. The molecule has 0 aliphatic carbocycles. The monoisotopic (exact) mass is 1100 g/mol. The number of benzene rings is 6. The van der Waals surface area contributed by atoms with E-state index in [4.69, 9.17) is 10.5 Å². The highest BCUT2D eigenvalue weighted by molar-refractivity contribution is 5.99. The predicted octanol–water partition coefficient (Wildman–Crippen LogP) is 6.52. The molecule has 6 aromatic rings. The summed E-state index contributed by atoms with van der Waals surface area (Å²) in [5, 5.41) is 26.9. The van der Waals surface area contributed by atoms with Crippen LogP contribution >= 0.6 is 0 Å². The summed E-state index contributed by atoms with van der Waals surface area (Å²) >= 11 is 0. The smallest absolute Gasteiger partial charge is 0.326 e. The van der Waals surface area contributed by atoms with Crippen LogP contribution in [0.3, 0.4) is 0 Å². The van der Waals surface area contributed by atoms with Gasteiger partial charge in [-0.15, -0.1) is 0 Å². The van der Waals surface area contributed by atoms with Crippen LogP contribution in [0.4, 0.5) is 0 Å². The standard InChI is InChI=1S/C64H73N7O10/c1-8-42(2)55(58(77)67-51(59(78)79)40-53(73)70-64(46-33-21-12-22-34-46,47-35-23-13-24-36-47)48-37-25-14-26-38-48)68-60(80)62(6,7)71-57(76)50(41-54(74)81-61(3,4)5)66-56(75)49(65)39-52(72)69-63(43-27-15-9-16-28-43,44-29-17-10-18-30-44)45-31-19-11-20-32-45/h9-38,42,49-51,55H,8,39-41,65H2,1-7H3,(H,66,75)(H,67,77)(H,68,80)(H,69,72)(H,70,73)(H,71,76)(H,78,79)/t42-,49-,50-,51-,55-/m0/s1. The number of carbonyl (C=O) groups excluding carboxylic acids is 7. The van der Waals surface area contributed by atoms with E-state index < -0.39 is 119 Å². The number of carboxylic acids is 1. The zero-order valence-electron chi connectivity index (χ0n) is 46.7. The van der Waals surface area contributed by atoms with Crippen LogP contribution in [0, 0.1) is 5.92 Å². The molecule has 6 amide bonds. The molecule has 0 aromatic heterocycles. The summed E-state index contributed by atoms with van der Waals surface area (Å²) in [6.45, 7) is 10.9. The largest absolute Gasteiger partial charge is 0.480 e. The zero-order valence-corrected chi connectivity index (χ0v) is 46.7. The number of esters is 1. The highest BCUT2D eigenvalue weighted by Crippen LogP contribution is 2.38. The van der Waals surface area contributed by atoms with E-state index in [1.54, 1.807) is 34.6 Å². The molecule has 0 radical (unpaired) electrons. The molecule has 6 aromatic carbocycles. The molecular weight excluding hydrogens is 1030 g/mol. The maximum Gasteiger partial charge on any atom is 0.326 e. The summed E-state index contributed by atoms with van der Waals surface area (Å²) < 4.78 is 5.50. The Bertz CT molecular complexity index is 2910. The lowest BCUT2D eigenvalue weighted by molar-refractivity contribution is -0.157. The number of rotatable bonds is 25. The highest BCUT2D eigenvalue weighted by Gasteiger charge is 2.43. The van der Waals surface area contributed by atoms with E-state index in [0.717, 1.165) is 16.7 Å². The summed E-state index contributed by atoms with van der Waals surface area (Å²) in [7, 11) is 0. The first-order valence-corrected chi connectivity index (χ1v) is 26.9. The highest BCUT2D eigenvalue weighted by atomic mass is 16.6. The quantitative estimate of drug-likeness (QED) is 0.0226. The minimum Gasteiger partial charge on any atom is -0.480 e. The number of aliphatic carboxylic acids is 1. The lowest BCUT2D eigenvalue weighted by atomic mass is 9.77. The number of carboxylic acid groups (broad SMARTS) is 1. The Morgan fingerprint density at radius 2 is 0.815 bits per heavy atom. The second kappa shape index (κ2) is 27.3. The normalized spacial score (nSPS) is 13.6. The molecule has 9 N–H and O–H groups in total.